The monoisotopic (exact) mass is 373 g/mol. The summed E-state index contributed by atoms with van der Waals surface area (Å²) in [5.74, 6) is 1.83. The van der Waals surface area contributed by atoms with E-state index in [-0.39, 0.29) is 0 Å². The molecule has 152 valence electrons. The Balaban J connectivity index is 1.80. The van der Waals surface area contributed by atoms with Crippen molar-refractivity contribution in [1.29, 1.82) is 0 Å². The van der Waals surface area contributed by atoms with Crippen LogP contribution in [0.3, 0.4) is 0 Å². The molecule has 0 aromatic heterocycles. The Morgan fingerprint density at radius 1 is 1.15 bits per heavy atom. The molecule has 5 heteroatoms. The van der Waals surface area contributed by atoms with Crippen molar-refractivity contribution < 1.29 is 0 Å². The third-order valence-electron chi connectivity index (χ3n) is 5.18. The van der Waals surface area contributed by atoms with Gasteiger partial charge >= 0.3 is 0 Å². The van der Waals surface area contributed by atoms with E-state index in [2.05, 4.69) is 72.6 Å². The molecule has 1 aliphatic heterocycles. The first-order valence-electron chi connectivity index (χ1n) is 10.5. The Hall–Kier alpha value is -1.59. The SMILES string of the molecule is CCNC(=NCc1ccccc1CN(C)C)NCCCN1CCC(C)CC1. The first-order chi connectivity index (χ1) is 13.1. The minimum absolute atomic E-state index is 0.712. The summed E-state index contributed by atoms with van der Waals surface area (Å²) in [6, 6.07) is 8.59. The summed E-state index contributed by atoms with van der Waals surface area (Å²) in [7, 11) is 4.21. The van der Waals surface area contributed by atoms with Crippen LogP contribution in [0.2, 0.25) is 0 Å². The standard InChI is InChI=1S/C22H39N5/c1-5-23-22(24-13-8-14-27-15-11-19(2)12-16-27)25-17-20-9-6-7-10-21(20)18-26(3)4/h6-7,9-10,19H,5,8,11-18H2,1-4H3,(H2,23,24,25). The molecule has 27 heavy (non-hydrogen) atoms. The lowest BCUT2D eigenvalue weighted by atomic mass is 9.99. The molecule has 2 N–H and O–H groups in total. The van der Waals surface area contributed by atoms with Gasteiger partial charge in [-0.2, -0.15) is 0 Å². The summed E-state index contributed by atoms with van der Waals surface area (Å²) in [4.78, 5) is 9.61. The van der Waals surface area contributed by atoms with E-state index in [9.17, 15) is 0 Å². The van der Waals surface area contributed by atoms with Gasteiger partial charge in [0.2, 0.25) is 0 Å². The second-order valence-electron chi connectivity index (χ2n) is 8.01. The van der Waals surface area contributed by atoms with E-state index in [1.807, 2.05) is 0 Å². The lowest BCUT2D eigenvalue weighted by Gasteiger charge is -2.30. The number of piperidine rings is 1. The molecule has 1 aliphatic rings. The number of rotatable bonds is 9. The van der Waals surface area contributed by atoms with Crippen LogP contribution >= 0.6 is 0 Å². The number of aliphatic imine (C=N–C) groups is 1. The molecular weight excluding hydrogens is 334 g/mol. The van der Waals surface area contributed by atoms with E-state index in [4.69, 9.17) is 4.99 Å². The van der Waals surface area contributed by atoms with E-state index in [0.717, 1.165) is 37.9 Å². The van der Waals surface area contributed by atoms with E-state index >= 15 is 0 Å². The van der Waals surface area contributed by atoms with Gasteiger partial charge in [0.25, 0.3) is 0 Å². The number of nitrogens with zero attached hydrogens (tertiary/aromatic N) is 3. The van der Waals surface area contributed by atoms with Gasteiger partial charge < -0.3 is 20.4 Å². The highest BCUT2D eigenvalue weighted by Crippen LogP contribution is 2.15. The van der Waals surface area contributed by atoms with Crippen LogP contribution in [0.15, 0.2) is 29.3 Å². The highest BCUT2D eigenvalue weighted by atomic mass is 15.2. The molecule has 1 saturated heterocycles. The quantitative estimate of drug-likeness (QED) is 0.397. The minimum atomic E-state index is 0.712. The van der Waals surface area contributed by atoms with Crippen molar-refractivity contribution in [3.05, 3.63) is 35.4 Å². The smallest absolute Gasteiger partial charge is 0.191 e. The molecule has 5 nitrogen and oxygen atoms in total. The molecule has 0 aliphatic carbocycles. The zero-order valence-corrected chi connectivity index (χ0v) is 17.8. The maximum absolute atomic E-state index is 4.81. The number of likely N-dealkylation sites (tertiary alicyclic amines) is 1. The summed E-state index contributed by atoms with van der Waals surface area (Å²) in [6.45, 7) is 11.7. The third-order valence-corrected chi connectivity index (χ3v) is 5.18. The van der Waals surface area contributed by atoms with Gasteiger partial charge in [-0.1, -0.05) is 31.2 Å². The van der Waals surface area contributed by atoms with Gasteiger partial charge in [0.1, 0.15) is 0 Å². The number of hydrogen-bond acceptors (Lipinski definition) is 3. The maximum Gasteiger partial charge on any atom is 0.191 e. The highest BCUT2D eigenvalue weighted by molar-refractivity contribution is 5.79. The van der Waals surface area contributed by atoms with Gasteiger partial charge in [-0.25, -0.2) is 4.99 Å². The molecular formula is C22H39N5. The van der Waals surface area contributed by atoms with Crippen LogP contribution in [-0.4, -0.2) is 62.6 Å². The van der Waals surface area contributed by atoms with Gasteiger partial charge in [-0.3, -0.25) is 0 Å². The molecule has 0 saturated carbocycles. The van der Waals surface area contributed by atoms with Crippen molar-refractivity contribution in [2.75, 3.05) is 46.8 Å². The molecule has 0 amide bonds. The van der Waals surface area contributed by atoms with Crippen molar-refractivity contribution in [3.8, 4) is 0 Å². The summed E-state index contributed by atoms with van der Waals surface area (Å²) >= 11 is 0. The minimum Gasteiger partial charge on any atom is -0.357 e. The van der Waals surface area contributed by atoms with Gasteiger partial charge in [-0.05, 0) is 77.0 Å². The van der Waals surface area contributed by atoms with Crippen LogP contribution < -0.4 is 10.6 Å². The molecule has 1 aromatic rings. The second-order valence-corrected chi connectivity index (χ2v) is 8.01. The zero-order valence-electron chi connectivity index (χ0n) is 17.8. The van der Waals surface area contributed by atoms with Gasteiger partial charge in [0.15, 0.2) is 5.96 Å². The first kappa shape index (κ1) is 21.7. The summed E-state index contributed by atoms with van der Waals surface area (Å²) in [5.41, 5.74) is 2.65. The normalized spacial score (nSPS) is 16.7. The molecule has 1 fully saturated rings. The van der Waals surface area contributed by atoms with Crippen LogP contribution in [0, 0.1) is 5.92 Å². The number of guanidine groups is 1. The molecule has 0 unspecified atom stereocenters. The van der Waals surface area contributed by atoms with Crippen molar-refractivity contribution in [3.63, 3.8) is 0 Å². The molecule has 1 heterocycles. The summed E-state index contributed by atoms with van der Waals surface area (Å²) in [6.07, 6.45) is 3.86. The van der Waals surface area contributed by atoms with E-state index in [0.29, 0.717) is 6.54 Å². The largest absolute Gasteiger partial charge is 0.357 e. The fourth-order valence-electron chi connectivity index (χ4n) is 3.51. The van der Waals surface area contributed by atoms with Crippen LogP contribution in [0.1, 0.15) is 44.2 Å². The molecule has 2 rings (SSSR count). The molecule has 0 atom stereocenters. The predicted molar refractivity (Wildman–Crippen MR) is 116 cm³/mol. The first-order valence-corrected chi connectivity index (χ1v) is 10.5. The molecule has 0 spiro atoms. The Bertz CT molecular complexity index is 562. The van der Waals surface area contributed by atoms with Crippen LogP contribution in [0.5, 0.6) is 0 Å². The van der Waals surface area contributed by atoms with Crippen molar-refractivity contribution >= 4 is 5.96 Å². The predicted octanol–water partition coefficient (Wildman–Crippen LogP) is 2.93. The lowest BCUT2D eigenvalue weighted by Crippen LogP contribution is -2.39. The maximum atomic E-state index is 4.81. The van der Waals surface area contributed by atoms with E-state index < -0.39 is 0 Å². The summed E-state index contributed by atoms with van der Waals surface area (Å²) in [5, 5.41) is 6.87. The number of benzene rings is 1. The molecule has 1 aromatic carbocycles. The average Bonchev–Trinajstić information content (AvgIpc) is 2.65. The molecule has 0 radical (unpaired) electrons. The number of nitrogens with one attached hydrogen (secondary N) is 2. The van der Waals surface area contributed by atoms with E-state index in [1.165, 1.54) is 43.6 Å². The van der Waals surface area contributed by atoms with Gasteiger partial charge in [0.05, 0.1) is 6.54 Å². The van der Waals surface area contributed by atoms with Gasteiger partial charge in [0, 0.05) is 19.6 Å². The lowest BCUT2D eigenvalue weighted by molar-refractivity contribution is 0.191. The second kappa shape index (κ2) is 12.0. The van der Waals surface area contributed by atoms with Crippen LogP contribution in [0.25, 0.3) is 0 Å². The summed E-state index contributed by atoms with van der Waals surface area (Å²) < 4.78 is 0. The molecule has 0 bridgehead atoms. The fourth-order valence-corrected chi connectivity index (χ4v) is 3.51. The van der Waals surface area contributed by atoms with Crippen LogP contribution in [0.4, 0.5) is 0 Å². The number of hydrogen-bond donors (Lipinski definition) is 2. The van der Waals surface area contributed by atoms with Gasteiger partial charge in [-0.15, -0.1) is 0 Å². The van der Waals surface area contributed by atoms with Crippen LogP contribution in [-0.2, 0) is 13.1 Å². The Labute approximate surface area is 166 Å². The average molecular weight is 374 g/mol. The zero-order chi connectivity index (χ0) is 19.5. The van der Waals surface area contributed by atoms with Crippen molar-refractivity contribution in [2.24, 2.45) is 10.9 Å². The topological polar surface area (TPSA) is 42.9 Å². The third kappa shape index (κ3) is 8.31. The van der Waals surface area contributed by atoms with E-state index in [1.54, 1.807) is 0 Å². The Kier molecular flexibility index (Phi) is 9.64. The van der Waals surface area contributed by atoms with Crippen molar-refractivity contribution in [2.45, 2.75) is 46.2 Å². The Morgan fingerprint density at radius 3 is 2.52 bits per heavy atom. The highest BCUT2D eigenvalue weighted by Gasteiger charge is 2.14. The Morgan fingerprint density at radius 2 is 1.85 bits per heavy atom. The van der Waals surface area contributed by atoms with Crippen molar-refractivity contribution in [1.82, 2.24) is 20.4 Å². The fraction of sp³-hybridized carbons (Fsp3) is 0.682.